The summed E-state index contributed by atoms with van der Waals surface area (Å²) in [7, 11) is 1.55. The predicted octanol–water partition coefficient (Wildman–Crippen LogP) is 4.75. The highest BCUT2D eigenvalue weighted by molar-refractivity contribution is 6.32. The van der Waals surface area contributed by atoms with Gasteiger partial charge in [0.1, 0.15) is 18.2 Å². The van der Waals surface area contributed by atoms with Gasteiger partial charge in [0.25, 0.3) is 0 Å². The lowest BCUT2D eigenvalue weighted by molar-refractivity contribution is 0.116. The topological polar surface area (TPSA) is 86.7 Å². The number of benzene rings is 2. The molecule has 2 unspecified atom stereocenters. The van der Waals surface area contributed by atoms with Gasteiger partial charge in [-0.15, -0.1) is 0 Å². The van der Waals surface area contributed by atoms with Crippen molar-refractivity contribution in [3.63, 3.8) is 0 Å². The Kier molecular flexibility index (Phi) is 6.09. The second kappa shape index (κ2) is 9.31. The van der Waals surface area contributed by atoms with Crippen LogP contribution in [0.25, 0.3) is 33.1 Å². The molecule has 0 radical (unpaired) electrons. The summed E-state index contributed by atoms with van der Waals surface area (Å²) >= 11 is 6.17. The summed E-state index contributed by atoms with van der Waals surface area (Å²) in [5, 5.41) is 18.8. The molecule has 2 aromatic heterocycles. The number of nitrogens with zero attached hydrogens (tertiary/aromatic N) is 4. The van der Waals surface area contributed by atoms with Gasteiger partial charge < -0.3 is 14.6 Å². The van der Waals surface area contributed by atoms with Crippen molar-refractivity contribution in [2.75, 3.05) is 39.9 Å². The molecule has 2 fully saturated rings. The maximum Gasteiger partial charge on any atom is 0.169 e. The molecule has 4 heterocycles. The minimum absolute atomic E-state index is 0.0597. The second-order valence-electron chi connectivity index (χ2n) is 9.77. The first kappa shape index (κ1) is 24.2. The summed E-state index contributed by atoms with van der Waals surface area (Å²) < 4.78 is 27.9. The number of aryl methyl sites for hydroxylation is 1. The van der Waals surface area contributed by atoms with E-state index in [1.165, 1.54) is 18.6 Å². The highest BCUT2D eigenvalue weighted by Crippen LogP contribution is 2.45. The van der Waals surface area contributed by atoms with Gasteiger partial charge in [-0.2, -0.15) is 5.10 Å². The van der Waals surface area contributed by atoms with Crippen LogP contribution in [0.2, 0.25) is 5.02 Å². The van der Waals surface area contributed by atoms with E-state index in [2.05, 4.69) is 31.9 Å². The van der Waals surface area contributed by atoms with Crippen LogP contribution in [0.4, 0.5) is 4.39 Å². The number of halogens is 2. The molecule has 2 atom stereocenters. The number of aromatic amines is 1. The molecule has 2 saturated heterocycles. The minimum atomic E-state index is -0.487. The van der Waals surface area contributed by atoms with Crippen molar-refractivity contribution >= 4 is 33.4 Å². The van der Waals surface area contributed by atoms with E-state index in [0.717, 1.165) is 26.2 Å². The third kappa shape index (κ3) is 3.96. The number of aromatic nitrogens is 3. The number of hydrogen-bond acceptors (Lipinski definition) is 7. The van der Waals surface area contributed by atoms with E-state index in [9.17, 15) is 5.11 Å². The Morgan fingerprint density at radius 2 is 1.95 bits per heavy atom. The smallest absolute Gasteiger partial charge is 0.169 e. The molecule has 4 aromatic rings. The van der Waals surface area contributed by atoms with Gasteiger partial charge in [-0.3, -0.25) is 14.9 Å². The van der Waals surface area contributed by atoms with Crippen molar-refractivity contribution < 1.29 is 19.0 Å². The van der Waals surface area contributed by atoms with E-state index in [-0.39, 0.29) is 16.2 Å². The highest BCUT2D eigenvalue weighted by atomic mass is 35.5. The number of rotatable bonds is 7. The van der Waals surface area contributed by atoms with E-state index in [0.29, 0.717) is 63.6 Å². The van der Waals surface area contributed by atoms with Crippen LogP contribution in [0.1, 0.15) is 19.0 Å². The molecule has 8 nitrogen and oxygen atoms in total. The summed E-state index contributed by atoms with van der Waals surface area (Å²) in [5.41, 5.74) is 2.09. The van der Waals surface area contributed by atoms with Crippen LogP contribution >= 0.6 is 11.6 Å². The third-order valence-electron chi connectivity index (χ3n) is 7.77. The maximum atomic E-state index is 15.9. The number of piperazine rings is 1. The number of nitrogens with one attached hydrogen (secondary N) is 1. The van der Waals surface area contributed by atoms with E-state index in [1.54, 1.807) is 19.2 Å². The SMILES string of the molecule is CCN1CC2CC1CN2CCOc1cc(F)c2c(-c3ccc(O)c(Cl)c3)nc3[nH]nc(C)c3c2c1OC. The summed E-state index contributed by atoms with van der Waals surface area (Å²) in [6.07, 6.45) is 1.20. The van der Waals surface area contributed by atoms with Crippen molar-refractivity contribution in [2.24, 2.45) is 0 Å². The van der Waals surface area contributed by atoms with Crippen LogP contribution in [0.15, 0.2) is 24.3 Å². The van der Waals surface area contributed by atoms with Gasteiger partial charge in [0, 0.05) is 54.1 Å². The molecule has 194 valence electrons. The van der Waals surface area contributed by atoms with E-state index in [1.807, 2.05) is 6.92 Å². The minimum Gasteiger partial charge on any atom is -0.506 e. The van der Waals surface area contributed by atoms with Crippen molar-refractivity contribution in [1.82, 2.24) is 25.0 Å². The zero-order valence-electron chi connectivity index (χ0n) is 21.0. The van der Waals surface area contributed by atoms with Crippen molar-refractivity contribution in [3.05, 3.63) is 40.8 Å². The fourth-order valence-corrected chi connectivity index (χ4v) is 6.17. The lowest BCUT2D eigenvalue weighted by Crippen LogP contribution is -2.47. The number of ether oxygens (including phenoxy) is 2. The number of pyridine rings is 1. The Morgan fingerprint density at radius 1 is 1.16 bits per heavy atom. The Bertz CT molecular complexity index is 1510. The number of phenols is 1. The van der Waals surface area contributed by atoms with Crippen LogP contribution < -0.4 is 9.47 Å². The van der Waals surface area contributed by atoms with Gasteiger partial charge in [0.2, 0.25) is 0 Å². The maximum absolute atomic E-state index is 15.9. The van der Waals surface area contributed by atoms with Gasteiger partial charge in [-0.25, -0.2) is 9.37 Å². The normalized spacial score (nSPS) is 19.9. The molecule has 2 bridgehead atoms. The Hall–Kier alpha value is -3.14. The monoisotopic (exact) mass is 525 g/mol. The number of aromatic hydroxyl groups is 1. The van der Waals surface area contributed by atoms with E-state index < -0.39 is 5.82 Å². The predicted molar refractivity (Wildman–Crippen MR) is 141 cm³/mol. The molecule has 2 aromatic carbocycles. The molecule has 37 heavy (non-hydrogen) atoms. The molecule has 2 aliphatic rings. The van der Waals surface area contributed by atoms with Crippen LogP contribution in [-0.2, 0) is 0 Å². The van der Waals surface area contributed by atoms with Gasteiger partial charge in [-0.05, 0) is 38.1 Å². The van der Waals surface area contributed by atoms with Gasteiger partial charge in [-0.1, -0.05) is 18.5 Å². The van der Waals surface area contributed by atoms with Crippen LogP contribution in [0.3, 0.4) is 0 Å². The molecular weight excluding hydrogens is 497 g/mol. The number of likely N-dealkylation sites (N-methyl/N-ethyl adjacent to an activating group) is 1. The van der Waals surface area contributed by atoms with Crippen molar-refractivity contribution in [2.45, 2.75) is 32.4 Å². The van der Waals surface area contributed by atoms with Crippen LogP contribution in [0, 0.1) is 12.7 Å². The first-order valence-electron chi connectivity index (χ1n) is 12.5. The second-order valence-corrected chi connectivity index (χ2v) is 10.2. The zero-order valence-corrected chi connectivity index (χ0v) is 21.8. The Balaban J connectivity index is 1.40. The van der Waals surface area contributed by atoms with Gasteiger partial charge in [0.05, 0.1) is 28.9 Å². The summed E-state index contributed by atoms with van der Waals surface area (Å²) in [6, 6.07) is 7.22. The number of methoxy groups -OCH3 is 1. The number of phenolic OH excluding ortho intramolecular Hbond substituents is 1. The molecule has 0 saturated carbocycles. The average molecular weight is 526 g/mol. The van der Waals surface area contributed by atoms with E-state index >= 15 is 4.39 Å². The molecule has 6 rings (SSSR count). The molecule has 2 N–H and O–H groups in total. The standard InChI is InChI=1S/C27H29ClFN5O3/c1-4-33-12-17-10-16(33)13-34(17)7-8-37-21-11-19(29)23-24(26(21)36-3)22-14(2)31-32-27(22)30-25(23)15-5-6-20(35)18(28)9-15/h5-6,9,11,16-17,35H,4,7-8,10,12-13H2,1-3H3,(H,30,31,32). The zero-order chi connectivity index (χ0) is 25.8. The third-order valence-corrected chi connectivity index (χ3v) is 8.07. The largest absolute Gasteiger partial charge is 0.506 e. The first-order valence-corrected chi connectivity index (χ1v) is 12.9. The van der Waals surface area contributed by atoms with Gasteiger partial charge >= 0.3 is 0 Å². The highest BCUT2D eigenvalue weighted by Gasteiger charge is 2.42. The number of likely N-dealkylation sites (tertiary alicyclic amines) is 2. The molecule has 0 spiro atoms. The number of hydrogen-bond donors (Lipinski definition) is 2. The van der Waals surface area contributed by atoms with Crippen LogP contribution in [-0.4, -0.2) is 82.1 Å². The molecule has 2 aliphatic heterocycles. The molecule has 0 amide bonds. The Morgan fingerprint density at radius 3 is 2.65 bits per heavy atom. The summed E-state index contributed by atoms with van der Waals surface area (Å²) in [4.78, 5) is 9.68. The van der Waals surface area contributed by atoms with Crippen molar-refractivity contribution in [1.29, 1.82) is 0 Å². The fourth-order valence-electron chi connectivity index (χ4n) is 5.99. The van der Waals surface area contributed by atoms with Crippen LogP contribution in [0.5, 0.6) is 17.2 Å². The van der Waals surface area contributed by atoms with Gasteiger partial charge in [0.15, 0.2) is 17.1 Å². The molecular formula is C27H29ClFN5O3. The number of fused-ring (bicyclic) bond motifs is 5. The molecule has 0 aliphatic carbocycles. The quantitative estimate of drug-likeness (QED) is 0.360. The Labute approximate surface area is 218 Å². The lowest BCUT2D eigenvalue weighted by Gasteiger charge is -2.33. The summed E-state index contributed by atoms with van der Waals surface area (Å²) in [5.74, 6) is 0.226. The summed E-state index contributed by atoms with van der Waals surface area (Å²) in [6.45, 7) is 8.49. The average Bonchev–Trinajstić information content (AvgIpc) is 3.59. The molecule has 10 heteroatoms. The number of H-pyrrole nitrogens is 1. The fraction of sp³-hybridized carbons (Fsp3) is 0.407. The lowest BCUT2D eigenvalue weighted by atomic mass is 9.99. The first-order chi connectivity index (χ1) is 17.9. The van der Waals surface area contributed by atoms with E-state index in [4.69, 9.17) is 21.1 Å². The van der Waals surface area contributed by atoms with Crippen molar-refractivity contribution in [3.8, 4) is 28.5 Å².